The zero-order valence-electron chi connectivity index (χ0n) is 16.9. The van der Waals surface area contributed by atoms with Gasteiger partial charge in [0.2, 0.25) is 0 Å². The summed E-state index contributed by atoms with van der Waals surface area (Å²) in [6, 6.07) is 0. The maximum absolute atomic E-state index is 12.2. The molecule has 2 saturated carbocycles. The van der Waals surface area contributed by atoms with Crippen LogP contribution in [0.25, 0.3) is 0 Å². The summed E-state index contributed by atoms with van der Waals surface area (Å²) < 4.78 is 11.9. The lowest BCUT2D eigenvalue weighted by Gasteiger charge is -2.18. The molecule has 2 aliphatic rings. The first kappa shape index (κ1) is 19.2. The molecule has 0 unspecified atom stereocenters. The van der Waals surface area contributed by atoms with Crippen molar-refractivity contribution in [2.75, 3.05) is 0 Å². The van der Waals surface area contributed by atoms with Gasteiger partial charge in [-0.05, 0) is 39.5 Å². The van der Waals surface area contributed by atoms with Crippen molar-refractivity contribution in [1.29, 1.82) is 0 Å². The normalized spacial score (nSPS) is 19.4. The van der Waals surface area contributed by atoms with Gasteiger partial charge in [0.15, 0.2) is 11.8 Å². The zero-order valence-corrected chi connectivity index (χ0v) is 16.9. The molecule has 2 heterocycles. The molecule has 0 bridgehead atoms. The van der Waals surface area contributed by atoms with Crippen molar-refractivity contribution in [1.82, 2.24) is 9.97 Å². The predicted octanol–water partition coefficient (Wildman–Crippen LogP) is 5.59. The number of carboxylic acids is 1. The van der Waals surface area contributed by atoms with Crippen LogP contribution in [0.2, 0.25) is 0 Å². The van der Waals surface area contributed by atoms with Gasteiger partial charge < -0.3 is 13.9 Å². The Morgan fingerprint density at radius 3 is 1.57 bits per heavy atom. The van der Waals surface area contributed by atoms with E-state index in [9.17, 15) is 9.90 Å². The van der Waals surface area contributed by atoms with Crippen molar-refractivity contribution in [3.05, 3.63) is 34.7 Å². The number of aliphatic carboxylic acids is 1. The summed E-state index contributed by atoms with van der Waals surface area (Å²) in [4.78, 5) is 21.5. The SMILES string of the molecule is Cc1oc(C2CCCCC2)nc1C(C(=O)O)c1nc(C2CCCCC2)oc1C. The van der Waals surface area contributed by atoms with E-state index in [0.717, 1.165) is 25.7 Å². The van der Waals surface area contributed by atoms with Crippen LogP contribution in [0.3, 0.4) is 0 Å². The molecular formula is C22H30N2O4. The Bertz CT molecular complexity index is 763. The van der Waals surface area contributed by atoms with Crippen molar-refractivity contribution in [2.45, 2.75) is 95.8 Å². The van der Waals surface area contributed by atoms with Crippen LogP contribution < -0.4 is 0 Å². The van der Waals surface area contributed by atoms with Crippen LogP contribution in [-0.4, -0.2) is 21.0 Å². The number of hydrogen-bond acceptors (Lipinski definition) is 5. The Labute approximate surface area is 165 Å². The highest BCUT2D eigenvalue weighted by atomic mass is 16.4. The molecule has 2 aliphatic carbocycles. The van der Waals surface area contributed by atoms with Crippen LogP contribution in [0, 0.1) is 13.8 Å². The molecule has 152 valence electrons. The molecule has 6 heteroatoms. The van der Waals surface area contributed by atoms with E-state index in [-0.39, 0.29) is 0 Å². The van der Waals surface area contributed by atoms with Gasteiger partial charge in [0.25, 0.3) is 0 Å². The Morgan fingerprint density at radius 1 is 0.821 bits per heavy atom. The Hall–Kier alpha value is -2.11. The smallest absolute Gasteiger partial charge is 0.319 e. The summed E-state index contributed by atoms with van der Waals surface area (Å²) in [5, 5.41) is 10.0. The minimum atomic E-state index is -0.960. The van der Waals surface area contributed by atoms with Gasteiger partial charge in [-0.25, -0.2) is 9.97 Å². The minimum Gasteiger partial charge on any atom is -0.480 e. The first-order valence-corrected chi connectivity index (χ1v) is 10.7. The van der Waals surface area contributed by atoms with Gasteiger partial charge in [-0.15, -0.1) is 0 Å². The van der Waals surface area contributed by atoms with Crippen molar-refractivity contribution < 1.29 is 18.7 Å². The quantitative estimate of drug-likeness (QED) is 0.720. The zero-order chi connectivity index (χ0) is 19.7. The summed E-state index contributed by atoms with van der Waals surface area (Å²) in [7, 11) is 0. The van der Waals surface area contributed by atoms with E-state index in [2.05, 4.69) is 9.97 Å². The molecule has 0 atom stereocenters. The number of oxazole rings is 2. The molecule has 2 aromatic heterocycles. The van der Waals surface area contributed by atoms with Crippen LogP contribution in [0.5, 0.6) is 0 Å². The maximum atomic E-state index is 12.2. The number of aromatic nitrogens is 2. The molecule has 6 nitrogen and oxygen atoms in total. The van der Waals surface area contributed by atoms with Gasteiger partial charge in [-0.3, -0.25) is 4.79 Å². The van der Waals surface area contributed by atoms with Gasteiger partial charge >= 0.3 is 5.97 Å². The van der Waals surface area contributed by atoms with E-state index in [4.69, 9.17) is 8.83 Å². The van der Waals surface area contributed by atoms with E-state index < -0.39 is 11.9 Å². The highest BCUT2D eigenvalue weighted by Gasteiger charge is 2.35. The fourth-order valence-electron chi connectivity index (χ4n) is 4.81. The maximum Gasteiger partial charge on any atom is 0.319 e. The number of nitrogens with zero attached hydrogens (tertiary/aromatic N) is 2. The number of rotatable bonds is 5. The van der Waals surface area contributed by atoms with Crippen LogP contribution >= 0.6 is 0 Å². The van der Waals surface area contributed by atoms with Gasteiger partial charge in [-0.1, -0.05) is 38.5 Å². The molecule has 0 spiro atoms. The fraction of sp³-hybridized carbons (Fsp3) is 0.682. The van der Waals surface area contributed by atoms with Gasteiger partial charge in [0.05, 0.1) is 0 Å². The lowest BCUT2D eigenvalue weighted by Crippen LogP contribution is -2.17. The van der Waals surface area contributed by atoms with Crippen molar-refractivity contribution in [2.24, 2.45) is 0 Å². The molecule has 0 aliphatic heterocycles. The topological polar surface area (TPSA) is 89.4 Å². The number of hydrogen-bond donors (Lipinski definition) is 1. The highest BCUT2D eigenvalue weighted by molar-refractivity contribution is 5.79. The average molecular weight is 386 g/mol. The van der Waals surface area contributed by atoms with E-state index in [1.165, 1.54) is 38.5 Å². The lowest BCUT2D eigenvalue weighted by molar-refractivity contribution is -0.137. The molecule has 2 aromatic rings. The average Bonchev–Trinajstić information content (AvgIpc) is 3.27. The Balaban J connectivity index is 1.65. The second kappa shape index (κ2) is 8.10. The summed E-state index contributed by atoms with van der Waals surface area (Å²) in [5.74, 6) is 1.22. The summed E-state index contributed by atoms with van der Waals surface area (Å²) in [6.07, 6.45) is 11.5. The largest absolute Gasteiger partial charge is 0.480 e. The van der Waals surface area contributed by atoms with Gasteiger partial charge in [-0.2, -0.15) is 0 Å². The third kappa shape index (κ3) is 3.74. The summed E-state index contributed by atoms with van der Waals surface area (Å²) in [6.45, 7) is 3.62. The molecule has 0 aromatic carbocycles. The Morgan fingerprint density at radius 2 is 1.21 bits per heavy atom. The Kier molecular flexibility index (Phi) is 5.56. The standard InChI is InChI=1S/C22H30N2O4/c1-13-18(23-20(27-13)15-9-5-3-6-10-15)17(22(25)26)19-14(2)28-21(24-19)16-11-7-4-8-12-16/h15-17H,3-12H2,1-2H3,(H,25,26). The number of carboxylic acid groups (broad SMARTS) is 1. The van der Waals surface area contributed by atoms with E-state index in [1.54, 1.807) is 0 Å². The van der Waals surface area contributed by atoms with Crippen molar-refractivity contribution in [3.63, 3.8) is 0 Å². The number of carbonyl (C=O) groups is 1. The highest BCUT2D eigenvalue weighted by Crippen LogP contribution is 2.38. The predicted molar refractivity (Wildman–Crippen MR) is 104 cm³/mol. The molecule has 0 saturated heterocycles. The molecule has 28 heavy (non-hydrogen) atoms. The van der Waals surface area contributed by atoms with E-state index in [1.807, 2.05) is 13.8 Å². The molecule has 4 rings (SSSR count). The van der Waals surface area contributed by atoms with Crippen LogP contribution in [0.1, 0.15) is 117 Å². The number of aryl methyl sites for hydroxylation is 2. The minimum absolute atomic E-state index is 0.298. The molecule has 1 N–H and O–H groups in total. The summed E-state index contributed by atoms with van der Waals surface area (Å²) >= 11 is 0. The monoisotopic (exact) mass is 386 g/mol. The van der Waals surface area contributed by atoms with Crippen LogP contribution in [0.4, 0.5) is 0 Å². The third-order valence-electron chi connectivity index (χ3n) is 6.40. The first-order chi connectivity index (χ1) is 13.5. The fourth-order valence-corrected chi connectivity index (χ4v) is 4.81. The molecular weight excluding hydrogens is 356 g/mol. The van der Waals surface area contributed by atoms with Gasteiger partial charge in [0.1, 0.15) is 28.8 Å². The first-order valence-electron chi connectivity index (χ1n) is 10.7. The third-order valence-corrected chi connectivity index (χ3v) is 6.40. The second-order valence-corrected chi connectivity index (χ2v) is 8.43. The van der Waals surface area contributed by atoms with Crippen molar-refractivity contribution >= 4 is 5.97 Å². The molecule has 0 amide bonds. The molecule has 2 fully saturated rings. The molecule has 0 radical (unpaired) electrons. The van der Waals surface area contributed by atoms with E-state index in [0.29, 0.717) is 46.5 Å². The van der Waals surface area contributed by atoms with Crippen LogP contribution in [-0.2, 0) is 4.79 Å². The van der Waals surface area contributed by atoms with Crippen LogP contribution in [0.15, 0.2) is 8.83 Å². The second-order valence-electron chi connectivity index (χ2n) is 8.43. The van der Waals surface area contributed by atoms with E-state index >= 15 is 0 Å². The van der Waals surface area contributed by atoms with Gasteiger partial charge in [0, 0.05) is 11.8 Å². The lowest BCUT2D eigenvalue weighted by atomic mass is 9.89. The summed E-state index contributed by atoms with van der Waals surface area (Å²) in [5.41, 5.74) is 0.944. The van der Waals surface area contributed by atoms with Crippen molar-refractivity contribution in [3.8, 4) is 0 Å².